The summed E-state index contributed by atoms with van der Waals surface area (Å²) < 4.78 is 23.3. The van der Waals surface area contributed by atoms with Crippen molar-refractivity contribution in [3.8, 4) is 22.8 Å². The Morgan fingerprint density at radius 2 is 0.523 bits per heavy atom. The molecule has 0 aliphatic carbocycles. The van der Waals surface area contributed by atoms with E-state index >= 15 is 0 Å². The second-order valence-corrected chi connectivity index (χ2v) is 45.5. The Balaban J connectivity index is 0.000000126. The average Bonchev–Trinajstić information content (AvgIpc) is 1.65. The fourth-order valence-electron chi connectivity index (χ4n) is 17.7. The number of nitrogens with one attached hydrogen (secondary N) is 2. The fourth-order valence-corrected chi connectivity index (χ4v) is 27.1. The van der Waals surface area contributed by atoms with Crippen LogP contribution in [0.4, 0.5) is 9.59 Å². The Morgan fingerprint density at radius 3 is 0.785 bits per heavy atom. The van der Waals surface area contributed by atoms with E-state index in [1.807, 2.05) is 113 Å². The van der Waals surface area contributed by atoms with Gasteiger partial charge >= 0.3 is 19.3 Å². The van der Waals surface area contributed by atoms with Crippen LogP contribution < -0.4 is 89.7 Å². The van der Waals surface area contributed by atoms with Crippen molar-refractivity contribution in [2.45, 2.75) is 63.6 Å². The Kier molecular flexibility index (Phi) is 38.8. The van der Waals surface area contributed by atoms with E-state index in [-0.39, 0.29) is 54.9 Å². The van der Waals surface area contributed by atoms with Gasteiger partial charge in [0, 0.05) is 74.8 Å². The third-order valence-corrected chi connectivity index (χ3v) is 36.0. The summed E-state index contributed by atoms with van der Waals surface area (Å²) >= 11 is 5.75. The molecule has 2 amide bonds. The molecule has 3 aliphatic rings. The quantitative estimate of drug-likeness (QED) is 0.0623. The first-order valence-electron chi connectivity index (χ1n) is 49.5. The summed E-state index contributed by atoms with van der Waals surface area (Å²) in [6.07, 6.45) is 1.26. The number of benzene rings is 18. The van der Waals surface area contributed by atoms with Crippen molar-refractivity contribution in [1.82, 2.24) is 30.2 Å². The summed E-state index contributed by atoms with van der Waals surface area (Å²) in [5, 5.41) is 32.4. The molecule has 2 unspecified atom stereocenters. The Bertz CT molecular complexity index is 6800. The van der Waals surface area contributed by atoms with Crippen LogP contribution in [-0.4, -0.2) is 86.9 Å². The minimum absolute atomic E-state index is 0. The van der Waals surface area contributed by atoms with Gasteiger partial charge in [-0.2, -0.15) is 10.2 Å². The molecule has 5 heterocycles. The van der Waals surface area contributed by atoms with E-state index in [9.17, 15) is 19.2 Å². The zero-order valence-electron chi connectivity index (χ0n) is 83.2. The number of aromatic amines is 2. The number of carbonyl (C=O) groups excluding carboxylic acids is 2. The molecular weight excluding hydrogens is 2030 g/mol. The van der Waals surface area contributed by atoms with Gasteiger partial charge < -0.3 is 28.6 Å². The first-order valence-corrected chi connectivity index (χ1v) is 55.3. The molecule has 0 saturated carbocycles. The molecule has 2 atom stereocenters. The third kappa shape index (κ3) is 28.9. The third-order valence-electron chi connectivity index (χ3n) is 25.9. The number of amides is 2. The van der Waals surface area contributed by atoms with Gasteiger partial charge in [-0.1, -0.05) is 485 Å². The maximum absolute atomic E-state index is 12.6. The van der Waals surface area contributed by atoms with E-state index in [1.165, 1.54) is 74.8 Å². The second-order valence-electron chi connectivity index (χ2n) is 36.3. The number of hydrogen-bond acceptors (Lipinski definition) is 10. The SMILES string of the molecule is CC1(C)OB(c2ccc(OC(=O)N3CCC(c4ccccc4)C3)cc2)OC1(C)C.O=C(Oc1ccc(-c2n[nH]c(=O)c3ccccc23)cc1)N1CCC(c2ccccc2)C1.O=c1[nH]nc(Cl)c2ccccc12.[Pd].c1ccc(P(c2ccccc2)c2ccccc2)cc1.c1ccc(P(c2ccccc2)c2ccccc2)cc1.c1ccc(P(c2ccccc2)c2ccccc2)cc1.c1ccc(P(c2ccccc2)c2ccccc2)cc1. The molecule has 18 aromatic carbocycles. The summed E-state index contributed by atoms with van der Waals surface area (Å²) in [7, 11) is -2.21. The number of hydrogen-bond donors (Lipinski definition) is 2. The van der Waals surface area contributed by atoms with Crippen molar-refractivity contribution in [3.05, 3.63) is 559 Å². The number of likely N-dealkylation sites (tertiary alicyclic amines) is 2. The first kappa shape index (κ1) is 107. The molecule has 744 valence electrons. The van der Waals surface area contributed by atoms with Gasteiger partial charge in [0.25, 0.3) is 11.1 Å². The van der Waals surface area contributed by atoms with Crippen molar-refractivity contribution >= 4 is 153 Å². The number of carbonyl (C=O) groups is 2. The van der Waals surface area contributed by atoms with Crippen molar-refractivity contribution in [3.63, 3.8) is 0 Å². The topological polar surface area (TPSA) is 169 Å². The number of nitrogens with zero attached hydrogens (tertiary/aromatic N) is 4. The molecule has 149 heavy (non-hydrogen) atoms. The summed E-state index contributed by atoms with van der Waals surface area (Å²) in [6, 6.07) is 179. The van der Waals surface area contributed by atoms with E-state index in [0.717, 1.165) is 29.3 Å². The van der Waals surface area contributed by atoms with Crippen LogP contribution >= 0.6 is 43.3 Å². The second kappa shape index (κ2) is 53.9. The minimum Gasteiger partial charge on any atom is -0.410 e. The zero-order chi connectivity index (χ0) is 102. The van der Waals surface area contributed by atoms with Crippen molar-refractivity contribution in [2.75, 3.05) is 26.2 Å². The predicted molar refractivity (Wildman–Crippen MR) is 621 cm³/mol. The van der Waals surface area contributed by atoms with Crippen LogP contribution in [0.3, 0.4) is 0 Å². The minimum atomic E-state index is -0.446. The first-order chi connectivity index (χ1) is 72.5. The molecule has 0 spiro atoms. The molecular formula is C128H114BClN6O8P4Pd. The monoisotopic (exact) mass is 2140 g/mol. The Labute approximate surface area is 896 Å². The molecule has 2 N–H and O–H groups in total. The normalized spacial score (nSPS) is 14.0. The number of aromatic nitrogens is 4. The maximum atomic E-state index is 12.6. The van der Waals surface area contributed by atoms with E-state index in [2.05, 4.69) is 409 Å². The zero-order valence-corrected chi connectivity index (χ0v) is 89.1. The van der Waals surface area contributed by atoms with Crippen LogP contribution in [0.1, 0.15) is 63.5 Å². The molecule has 3 fully saturated rings. The van der Waals surface area contributed by atoms with E-state index in [4.69, 9.17) is 30.4 Å². The summed E-state index contributed by atoms with van der Waals surface area (Å²) in [6.45, 7) is 10.9. The molecule has 23 rings (SSSR count). The van der Waals surface area contributed by atoms with Gasteiger partial charge in [0.2, 0.25) is 0 Å². The standard InChI is InChI=1S/C25H21N3O3.C23H28BNO4.4C18H15P.C8H5ClN2O.Pd/c29-24-22-9-5-4-8-21(22)23(26-27-24)18-10-12-20(13-11-18)31-25(30)28-15-14-19(16-28)17-6-2-1-3-7-17;1-22(2)23(3,4)29-24(28-22)19-10-12-20(13-11-19)27-21(26)25-15-14-18(16-25)17-8-6-5-7-9-17;4*1-4-10-16(11-5-1)19(17-12-6-2-7-13-17)18-14-8-3-9-15-18;9-7-5-3-1-2-4-6(5)8(12)11-10-7;/h1-13,19H,14-16H2,(H,27,29);5-13,18H,14-16H2,1-4H3;4*1-15H;1-4H,(H,11,12);. The number of H-pyrrole nitrogens is 2. The van der Waals surface area contributed by atoms with Gasteiger partial charge in [-0.15, -0.1) is 0 Å². The largest absolute Gasteiger partial charge is 0.494 e. The Morgan fingerprint density at radius 1 is 0.302 bits per heavy atom. The van der Waals surface area contributed by atoms with E-state index < -0.39 is 38.8 Å². The molecule has 0 radical (unpaired) electrons. The van der Waals surface area contributed by atoms with Crippen molar-refractivity contribution in [1.29, 1.82) is 0 Å². The van der Waals surface area contributed by atoms with Gasteiger partial charge in [-0.25, -0.2) is 19.8 Å². The number of fused-ring (bicyclic) bond motifs is 2. The number of halogens is 1. The molecule has 2 aromatic heterocycles. The van der Waals surface area contributed by atoms with Crippen LogP contribution in [0.5, 0.6) is 11.5 Å². The Hall–Kier alpha value is -14.6. The summed E-state index contributed by atoms with van der Waals surface area (Å²) in [4.78, 5) is 51.8. The summed E-state index contributed by atoms with van der Waals surface area (Å²) in [5.41, 5.74) is 3.75. The molecule has 3 aliphatic heterocycles. The van der Waals surface area contributed by atoms with E-state index in [1.54, 1.807) is 58.3 Å². The predicted octanol–water partition coefficient (Wildman–Crippen LogP) is 23.9. The van der Waals surface area contributed by atoms with Gasteiger partial charge in [0.05, 0.1) is 27.7 Å². The van der Waals surface area contributed by atoms with Gasteiger partial charge in [0.15, 0.2) is 5.15 Å². The van der Waals surface area contributed by atoms with Gasteiger partial charge in [0.1, 0.15) is 11.5 Å². The van der Waals surface area contributed by atoms with Gasteiger partial charge in [-0.3, -0.25) is 9.59 Å². The number of rotatable bonds is 18. The fraction of sp³-hybridized carbons (Fsp3) is 0.109. The smallest absolute Gasteiger partial charge is 0.410 e. The average molecular weight is 2140 g/mol. The van der Waals surface area contributed by atoms with E-state index in [0.29, 0.717) is 76.5 Å². The van der Waals surface area contributed by atoms with Crippen LogP contribution in [-0.2, 0) is 29.7 Å². The molecule has 3 saturated heterocycles. The van der Waals surface area contributed by atoms with Crippen LogP contribution in [0.2, 0.25) is 5.15 Å². The van der Waals surface area contributed by atoms with Crippen LogP contribution in [0, 0.1) is 0 Å². The summed E-state index contributed by atoms with van der Waals surface area (Å²) in [5.74, 6) is 1.72. The molecule has 21 heteroatoms. The van der Waals surface area contributed by atoms with Crippen molar-refractivity contribution in [2.24, 2.45) is 0 Å². The molecule has 0 bridgehead atoms. The van der Waals surface area contributed by atoms with Crippen LogP contribution in [0.25, 0.3) is 32.8 Å². The van der Waals surface area contributed by atoms with Gasteiger partial charge in [-0.05, 0) is 201 Å². The maximum Gasteiger partial charge on any atom is 0.494 e. The molecule has 14 nitrogen and oxygen atoms in total. The van der Waals surface area contributed by atoms with Crippen molar-refractivity contribution < 1.29 is 48.8 Å². The molecule has 20 aromatic rings. The number of ether oxygens (including phenoxy) is 2. The van der Waals surface area contributed by atoms with Crippen LogP contribution in [0.15, 0.2) is 531 Å².